The van der Waals surface area contributed by atoms with Gasteiger partial charge in [0.15, 0.2) is 5.76 Å². The normalized spacial score (nSPS) is 16.0. The number of carboxylic acids is 1. The highest BCUT2D eigenvalue weighted by Gasteiger charge is 2.34. The summed E-state index contributed by atoms with van der Waals surface area (Å²) >= 11 is 0.908. The Morgan fingerprint density at radius 2 is 1.77 bits per heavy atom. The van der Waals surface area contributed by atoms with Gasteiger partial charge in [-0.05, 0) is 26.0 Å². The zero-order valence-electron chi connectivity index (χ0n) is 14.1. The quantitative estimate of drug-likeness (QED) is 0.820. The third kappa shape index (κ3) is 3.24. The van der Waals surface area contributed by atoms with Crippen LogP contribution in [0, 0.1) is 13.8 Å². The number of carbonyl (C=O) groups excluding carboxylic acids is 1. The largest absolute Gasteiger partial charge is 0.477 e. The highest BCUT2D eigenvalue weighted by molar-refractivity contribution is 7.89. The zero-order valence-corrected chi connectivity index (χ0v) is 15.8. The molecule has 0 spiro atoms. The SMILES string of the molecule is Cc1noc(C)c1S(=O)(=O)N1CCN(C(=O)c2ccc(C(=O)O)s2)CC1. The van der Waals surface area contributed by atoms with Crippen molar-refractivity contribution in [3.63, 3.8) is 0 Å². The van der Waals surface area contributed by atoms with Gasteiger partial charge < -0.3 is 14.5 Å². The molecule has 1 saturated heterocycles. The molecule has 0 atom stereocenters. The number of piperazine rings is 1. The summed E-state index contributed by atoms with van der Waals surface area (Å²) in [5.41, 5.74) is 0.306. The third-order valence-electron chi connectivity index (χ3n) is 4.12. The molecule has 3 rings (SSSR count). The van der Waals surface area contributed by atoms with E-state index in [1.54, 1.807) is 13.8 Å². The number of hydrogen-bond donors (Lipinski definition) is 1. The van der Waals surface area contributed by atoms with Crippen molar-refractivity contribution < 1.29 is 27.6 Å². The molecule has 0 radical (unpaired) electrons. The first-order valence-corrected chi connectivity index (χ1v) is 10.0. The first-order chi connectivity index (χ1) is 12.2. The Kier molecular flexibility index (Phi) is 4.86. The molecule has 26 heavy (non-hydrogen) atoms. The zero-order chi connectivity index (χ0) is 19.1. The van der Waals surface area contributed by atoms with Crippen LogP contribution in [-0.2, 0) is 10.0 Å². The summed E-state index contributed by atoms with van der Waals surface area (Å²) in [7, 11) is -3.74. The number of thiophene rings is 1. The van der Waals surface area contributed by atoms with E-state index in [1.807, 2.05) is 0 Å². The lowest BCUT2D eigenvalue weighted by atomic mass is 10.3. The van der Waals surface area contributed by atoms with Crippen LogP contribution in [-0.4, -0.2) is 65.9 Å². The third-order valence-corrected chi connectivity index (χ3v) is 7.32. The van der Waals surface area contributed by atoms with Crippen molar-refractivity contribution in [3.8, 4) is 0 Å². The number of rotatable bonds is 4. The van der Waals surface area contributed by atoms with Gasteiger partial charge >= 0.3 is 5.97 Å². The predicted molar refractivity (Wildman–Crippen MR) is 91.9 cm³/mol. The number of amides is 1. The minimum atomic E-state index is -3.74. The van der Waals surface area contributed by atoms with Crippen molar-refractivity contribution >= 4 is 33.2 Å². The first-order valence-electron chi connectivity index (χ1n) is 7.77. The summed E-state index contributed by atoms with van der Waals surface area (Å²) in [5.74, 6) is -1.14. The van der Waals surface area contributed by atoms with Crippen LogP contribution in [0.2, 0.25) is 0 Å². The molecule has 9 nitrogen and oxygen atoms in total. The van der Waals surface area contributed by atoms with Gasteiger partial charge in [-0.1, -0.05) is 5.16 Å². The molecular weight excluding hydrogens is 382 g/mol. The van der Waals surface area contributed by atoms with Crippen molar-refractivity contribution in [3.05, 3.63) is 33.3 Å². The molecule has 140 valence electrons. The van der Waals surface area contributed by atoms with Gasteiger partial charge in [-0.15, -0.1) is 11.3 Å². The maximum Gasteiger partial charge on any atom is 0.345 e. The molecule has 1 fully saturated rings. The van der Waals surface area contributed by atoms with Gasteiger partial charge in [0, 0.05) is 26.2 Å². The molecule has 1 aliphatic heterocycles. The van der Waals surface area contributed by atoms with Crippen LogP contribution in [0.25, 0.3) is 0 Å². The van der Waals surface area contributed by atoms with Crippen molar-refractivity contribution in [1.29, 1.82) is 0 Å². The molecule has 2 aromatic heterocycles. The smallest absolute Gasteiger partial charge is 0.345 e. The summed E-state index contributed by atoms with van der Waals surface area (Å²) in [6, 6.07) is 2.86. The molecule has 1 N–H and O–H groups in total. The maximum atomic E-state index is 12.8. The number of carbonyl (C=O) groups is 2. The van der Waals surface area contributed by atoms with Crippen LogP contribution in [0.5, 0.6) is 0 Å². The molecule has 0 aromatic carbocycles. The summed E-state index contributed by atoms with van der Waals surface area (Å²) in [6.07, 6.45) is 0. The van der Waals surface area contributed by atoms with E-state index in [0.29, 0.717) is 10.6 Å². The predicted octanol–water partition coefficient (Wildman–Crippen LogP) is 1.20. The molecule has 1 aliphatic rings. The number of aromatic nitrogens is 1. The summed E-state index contributed by atoms with van der Waals surface area (Å²) in [5, 5.41) is 12.6. The van der Waals surface area contributed by atoms with E-state index in [0.717, 1.165) is 11.3 Å². The number of aryl methyl sites for hydroxylation is 2. The second kappa shape index (κ2) is 6.82. The van der Waals surface area contributed by atoms with E-state index in [1.165, 1.54) is 21.3 Å². The highest BCUT2D eigenvalue weighted by atomic mass is 32.2. The van der Waals surface area contributed by atoms with E-state index in [2.05, 4.69) is 5.16 Å². The van der Waals surface area contributed by atoms with Gasteiger partial charge in [-0.3, -0.25) is 4.79 Å². The average Bonchev–Trinajstić information content (AvgIpc) is 3.21. The van der Waals surface area contributed by atoms with Crippen LogP contribution in [0.4, 0.5) is 0 Å². The van der Waals surface area contributed by atoms with Gasteiger partial charge in [-0.2, -0.15) is 4.31 Å². The van der Waals surface area contributed by atoms with E-state index < -0.39 is 16.0 Å². The molecule has 2 aromatic rings. The van der Waals surface area contributed by atoms with Crippen LogP contribution < -0.4 is 0 Å². The van der Waals surface area contributed by atoms with Crippen LogP contribution >= 0.6 is 11.3 Å². The minimum Gasteiger partial charge on any atom is -0.477 e. The summed E-state index contributed by atoms with van der Waals surface area (Å²) in [6.45, 7) is 3.86. The summed E-state index contributed by atoms with van der Waals surface area (Å²) < 4.78 is 31.8. The van der Waals surface area contributed by atoms with E-state index in [4.69, 9.17) is 9.63 Å². The molecule has 0 bridgehead atoms. The fraction of sp³-hybridized carbons (Fsp3) is 0.400. The number of sulfonamides is 1. The molecule has 3 heterocycles. The lowest BCUT2D eigenvalue weighted by molar-refractivity contribution is 0.0696. The van der Waals surface area contributed by atoms with Crippen LogP contribution in [0.1, 0.15) is 30.8 Å². The highest BCUT2D eigenvalue weighted by Crippen LogP contribution is 2.25. The van der Waals surface area contributed by atoms with Crippen LogP contribution in [0.15, 0.2) is 21.6 Å². The van der Waals surface area contributed by atoms with Gasteiger partial charge in [0.1, 0.15) is 15.5 Å². The van der Waals surface area contributed by atoms with Crippen LogP contribution in [0.3, 0.4) is 0 Å². The van der Waals surface area contributed by atoms with Gasteiger partial charge in [0.25, 0.3) is 5.91 Å². The van der Waals surface area contributed by atoms with Gasteiger partial charge in [0.05, 0.1) is 4.88 Å². The van der Waals surface area contributed by atoms with Gasteiger partial charge in [-0.25, -0.2) is 13.2 Å². The summed E-state index contributed by atoms with van der Waals surface area (Å²) in [4.78, 5) is 25.4. The van der Waals surface area contributed by atoms with Crippen molar-refractivity contribution in [2.75, 3.05) is 26.2 Å². The lowest BCUT2D eigenvalue weighted by Crippen LogP contribution is -2.50. The van der Waals surface area contributed by atoms with Crippen molar-refractivity contribution in [2.24, 2.45) is 0 Å². The number of hydrogen-bond acceptors (Lipinski definition) is 7. The Morgan fingerprint density at radius 3 is 2.27 bits per heavy atom. The fourth-order valence-corrected chi connectivity index (χ4v) is 5.35. The molecule has 0 aliphatic carbocycles. The minimum absolute atomic E-state index is 0.0710. The first kappa shape index (κ1) is 18.5. The number of carboxylic acid groups (broad SMARTS) is 1. The second-order valence-electron chi connectivity index (χ2n) is 5.82. The molecule has 0 saturated carbocycles. The molecule has 0 unspecified atom stereocenters. The fourth-order valence-electron chi connectivity index (χ4n) is 2.83. The van der Waals surface area contributed by atoms with E-state index in [9.17, 15) is 18.0 Å². The number of aromatic carboxylic acids is 1. The maximum absolute atomic E-state index is 12.8. The number of nitrogens with zero attached hydrogens (tertiary/aromatic N) is 3. The van der Waals surface area contributed by atoms with E-state index in [-0.39, 0.29) is 47.6 Å². The monoisotopic (exact) mass is 399 g/mol. The second-order valence-corrected chi connectivity index (χ2v) is 8.78. The van der Waals surface area contributed by atoms with Crippen molar-refractivity contribution in [1.82, 2.24) is 14.4 Å². The average molecular weight is 399 g/mol. The Morgan fingerprint density at radius 1 is 1.15 bits per heavy atom. The molecule has 1 amide bonds. The van der Waals surface area contributed by atoms with Crippen molar-refractivity contribution in [2.45, 2.75) is 18.7 Å². The molecule has 11 heteroatoms. The standard InChI is InChI=1S/C15H17N3O6S2/c1-9-13(10(2)24-16-9)26(22,23)18-7-5-17(6-8-18)14(19)11-3-4-12(25-11)15(20)21/h3-4H,5-8H2,1-2H3,(H,20,21). The topological polar surface area (TPSA) is 121 Å². The Hall–Kier alpha value is -2.24. The Bertz CT molecular complexity index is 934. The Balaban J connectivity index is 1.71. The lowest BCUT2D eigenvalue weighted by Gasteiger charge is -2.33. The van der Waals surface area contributed by atoms with Gasteiger partial charge in [0.2, 0.25) is 10.0 Å². The molecular formula is C15H17N3O6S2. The Labute approximate surface area is 153 Å². The van der Waals surface area contributed by atoms with E-state index >= 15 is 0 Å².